The van der Waals surface area contributed by atoms with E-state index < -0.39 is 7.32 Å². The first-order chi connectivity index (χ1) is 11.2. The fourth-order valence-electron chi connectivity index (χ4n) is 2.95. The van der Waals surface area contributed by atoms with Crippen LogP contribution in [0.4, 0.5) is 0 Å². The number of hydrogen-bond donors (Lipinski definition) is 3. The van der Waals surface area contributed by atoms with E-state index in [0.29, 0.717) is 5.75 Å². The minimum atomic E-state index is -1.81. The lowest BCUT2D eigenvalue weighted by Gasteiger charge is -2.07. The molecular weight excluding hydrogens is 289 g/mol. The summed E-state index contributed by atoms with van der Waals surface area (Å²) in [6, 6.07) is 21.7. The van der Waals surface area contributed by atoms with Gasteiger partial charge in [0.15, 0.2) is 0 Å². The Balaban J connectivity index is 1.85. The molecule has 5 heteroatoms. The highest BCUT2D eigenvalue weighted by molar-refractivity contribution is 6.33. The molecule has 0 amide bonds. The van der Waals surface area contributed by atoms with Crippen LogP contribution < -0.4 is 4.65 Å². The van der Waals surface area contributed by atoms with Gasteiger partial charge in [-0.15, -0.1) is 0 Å². The van der Waals surface area contributed by atoms with Gasteiger partial charge in [0.1, 0.15) is 5.75 Å². The number of hydrogen-bond acceptors (Lipinski definition) is 3. The summed E-state index contributed by atoms with van der Waals surface area (Å²) in [6.45, 7) is 0. The Bertz CT molecular complexity index is 977. The van der Waals surface area contributed by atoms with E-state index in [4.69, 9.17) is 14.7 Å². The maximum absolute atomic E-state index is 8.84. The number of fused-ring (bicyclic) bond motifs is 3. The van der Waals surface area contributed by atoms with Gasteiger partial charge in [-0.25, -0.2) is 0 Å². The zero-order valence-corrected chi connectivity index (χ0v) is 12.2. The molecule has 0 unspecified atom stereocenters. The average molecular weight is 303 g/mol. The highest BCUT2D eigenvalue weighted by Crippen LogP contribution is 2.33. The molecular formula is C18H14BNO3. The van der Waals surface area contributed by atoms with Crippen molar-refractivity contribution in [3.8, 4) is 16.9 Å². The molecule has 4 rings (SSSR count). The van der Waals surface area contributed by atoms with Crippen molar-refractivity contribution in [2.24, 2.45) is 0 Å². The molecule has 3 N–H and O–H groups in total. The predicted molar refractivity (Wildman–Crippen MR) is 92.1 cm³/mol. The molecule has 0 aliphatic carbocycles. The Morgan fingerprint density at radius 2 is 1.52 bits per heavy atom. The molecule has 1 aromatic heterocycles. The van der Waals surface area contributed by atoms with E-state index >= 15 is 0 Å². The fourth-order valence-corrected chi connectivity index (χ4v) is 2.95. The van der Waals surface area contributed by atoms with E-state index in [0.717, 1.165) is 22.2 Å². The van der Waals surface area contributed by atoms with Crippen LogP contribution in [0.3, 0.4) is 0 Å². The summed E-state index contributed by atoms with van der Waals surface area (Å²) in [4.78, 5) is 3.48. The van der Waals surface area contributed by atoms with E-state index in [9.17, 15) is 0 Å². The Morgan fingerprint density at radius 3 is 2.30 bits per heavy atom. The highest BCUT2D eigenvalue weighted by Gasteiger charge is 2.12. The number of aromatic nitrogens is 1. The largest absolute Gasteiger partial charge is 0.707 e. The van der Waals surface area contributed by atoms with E-state index in [-0.39, 0.29) is 0 Å². The lowest BCUT2D eigenvalue weighted by molar-refractivity contribution is 0.288. The molecule has 0 atom stereocenters. The third-order valence-electron chi connectivity index (χ3n) is 3.95. The van der Waals surface area contributed by atoms with Crippen molar-refractivity contribution in [1.29, 1.82) is 0 Å². The molecule has 4 aromatic rings. The molecule has 0 spiro atoms. The second-order valence-electron chi connectivity index (χ2n) is 5.37. The van der Waals surface area contributed by atoms with Gasteiger partial charge in [0, 0.05) is 21.9 Å². The molecule has 0 radical (unpaired) electrons. The van der Waals surface area contributed by atoms with E-state index in [1.54, 1.807) is 12.1 Å². The molecule has 0 fully saturated rings. The first kappa shape index (κ1) is 13.9. The first-order valence-corrected chi connectivity index (χ1v) is 7.35. The molecule has 0 saturated heterocycles. The van der Waals surface area contributed by atoms with Gasteiger partial charge in [-0.05, 0) is 23.8 Å². The SMILES string of the molecule is OB(O)Oc1ccc(-c2cccc3c2[nH]c2ccccc23)cc1. The summed E-state index contributed by atoms with van der Waals surface area (Å²) in [5, 5.41) is 20.1. The fraction of sp³-hybridized carbons (Fsp3) is 0. The van der Waals surface area contributed by atoms with Crippen LogP contribution in [0.25, 0.3) is 32.9 Å². The van der Waals surface area contributed by atoms with Gasteiger partial charge >= 0.3 is 7.32 Å². The monoisotopic (exact) mass is 303 g/mol. The summed E-state index contributed by atoms with van der Waals surface area (Å²) in [5.41, 5.74) is 4.32. The third kappa shape index (κ3) is 2.46. The van der Waals surface area contributed by atoms with Crippen LogP contribution in [0.15, 0.2) is 66.7 Å². The van der Waals surface area contributed by atoms with Crippen molar-refractivity contribution in [2.75, 3.05) is 0 Å². The molecule has 0 aliphatic rings. The van der Waals surface area contributed by atoms with Crippen LogP contribution in [-0.2, 0) is 0 Å². The summed E-state index contributed by atoms with van der Waals surface area (Å²) >= 11 is 0. The summed E-state index contributed by atoms with van der Waals surface area (Å²) < 4.78 is 4.84. The Hall–Kier alpha value is -2.76. The summed E-state index contributed by atoms with van der Waals surface area (Å²) in [7, 11) is -1.81. The van der Waals surface area contributed by atoms with Crippen molar-refractivity contribution in [3.05, 3.63) is 66.7 Å². The lowest BCUT2D eigenvalue weighted by atomic mass is 10.0. The van der Waals surface area contributed by atoms with Gasteiger partial charge < -0.3 is 19.7 Å². The van der Waals surface area contributed by atoms with Crippen LogP contribution in [0, 0.1) is 0 Å². The maximum Gasteiger partial charge on any atom is 0.707 e. The zero-order valence-electron chi connectivity index (χ0n) is 12.2. The quantitative estimate of drug-likeness (QED) is 0.509. The van der Waals surface area contributed by atoms with Gasteiger partial charge in [-0.2, -0.15) is 0 Å². The van der Waals surface area contributed by atoms with Crippen molar-refractivity contribution in [1.82, 2.24) is 4.98 Å². The number of H-pyrrole nitrogens is 1. The lowest BCUT2D eigenvalue weighted by Crippen LogP contribution is -2.20. The molecule has 1 heterocycles. The molecule has 0 bridgehead atoms. The Kier molecular flexibility index (Phi) is 3.30. The smallest absolute Gasteiger partial charge is 0.512 e. The van der Waals surface area contributed by atoms with Crippen LogP contribution in [0.5, 0.6) is 5.75 Å². The van der Waals surface area contributed by atoms with E-state index in [2.05, 4.69) is 29.2 Å². The van der Waals surface area contributed by atoms with Gasteiger partial charge in [-0.3, -0.25) is 0 Å². The molecule has 4 nitrogen and oxygen atoms in total. The average Bonchev–Trinajstić information content (AvgIpc) is 2.94. The molecule has 3 aromatic carbocycles. The normalized spacial score (nSPS) is 11.0. The zero-order chi connectivity index (χ0) is 15.8. The van der Waals surface area contributed by atoms with E-state index in [1.807, 2.05) is 30.3 Å². The summed E-state index contributed by atoms with van der Waals surface area (Å²) in [5.74, 6) is 0.410. The minimum Gasteiger partial charge on any atom is -0.512 e. The van der Waals surface area contributed by atoms with Crippen molar-refractivity contribution in [3.63, 3.8) is 0 Å². The Labute approximate surface area is 133 Å². The highest BCUT2D eigenvalue weighted by atomic mass is 16.6. The topological polar surface area (TPSA) is 65.5 Å². The molecule has 23 heavy (non-hydrogen) atoms. The molecule has 0 aliphatic heterocycles. The van der Waals surface area contributed by atoms with Gasteiger partial charge in [0.25, 0.3) is 0 Å². The first-order valence-electron chi connectivity index (χ1n) is 7.35. The molecule has 0 saturated carbocycles. The Morgan fingerprint density at radius 1 is 0.783 bits per heavy atom. The predicted octanol–water partition coefficient (Wildman–Crippen LogP) is 3.34. The van der Waals surface area contributed by atoms with Crippen LogP contribution >= 0.6 is 0 Å². The minimum absolute atomic E-state index is 0.410. The maximum atomic E-state index is 8.84. The number of nitrogens with one attached hydrogen (secondary N) is 1. The number of rotatable bonds is 3. The van der Waals surface area contributed by atoms with E-state index in [1.165, 1.54) is 10.8 Å². The summed E-state index contributed by atoms with van der Waals surface area (Å²) in [6.07, 6.45) is 0. The third-order valence-corrected chi connectivity index (χ3v) is 3.95. The number of benzene rings is 3. The van der Waals surface area contributed by atoms with Crippen LogP contribution in [0.1, 0.15) is 0 Å². The molecule has 112 valence electrons. The second kappa shape index (κ2) is 5.46. The number of aromatic amines is 1. The van der Waals surface area contributed by atoms with Gasteiger partial charge in [0.2, 0.25) is 0 Å². The van der Waals surface area contributed by atoms with Crippen molar-refractivity contribution >= 4 is 29.1 Å². The van der Waals surface area contributed by atoms with Crippen molar-refractivity contribution < 1.29 is 14.7 Å². The van der Waals surface area contributed by atoms with Gasteiger partial charge in [-0.1, -0.05) is 48.5 Å². The van der Waals surface area contributed by atoms with Crippen molar-refractivity contribution in [2.45, 2.75) is 0 Å². The van der Waals surface area contributed by atoms with Gasteiger partial charge in [0.05, 0.1) is 5.52 Å². The standard InChI is InChI=1S/C18H14BNO3/c21-19(22)23-13-10-8-12(9-11-13)14-5-3-6-16-15-4-1-2-7-17(15)20-18(14)16/h1-11,20-22H. The second-order valence-corrected chi connectivity index (χ2v) is 5.37. The van der Waals surface area contributed by atoms with Crippen LogP contribution in [0.2, 0.25) is 0 Å². The van der Waals surface area contributed by atoms with Crippen LogP contribution in [-0.4, -0.2) is 22.4 Å². The number of para-hydroxylation sites is 2.